The summed E-state index contributed by atoms with van der Waals surface area (Å²) in [4.78, 5) is 24.4. The smallest absolute Gasteiger partial charge is 0.223 e. The fourth-order valence-corrected chi connectivity index (χ4v) is 5.51. The molecule has 5 rings (SSSR count). The molecule has 1 saturated carbocycles. The molecule has 2 atom stereocenters. The molecule has 6 nitrogen and oxygen atoms in total. The first kappa shape index (κ1) is 21.1. The number of amides is 1. The van der Waals surface area contributed by atoms with Crippen LogP contribution in [0.15, 0.2) is 48.8 Å². The monoisotopic (exact) mass is 431 g/mol. The average Bonchev–Trinajstić information content (AvgIpc) is 3.42. The summed E-state index contributed by atoms with van der Waals surface area (Å²) in [6.07, 6.45) is 8.91. The van der Waals surface area contributed by atoms with E-state index in [1.54, 1.807) is 0 Å². The van der Waals surface area contributed by atoms with Crippen LogP contribution in [0.5, 0.6) is 0 Å². The first-order chi connectivity index (χ1) is 15.6. The lowest BCUT2D eigenvalue weighted by molar-refractivity contribution is -0.123. The van der Waals surface area contributed by atoms with Gasteiger partial charge in [-0.3, -0.25) is 9.78 Å². The summed E-state index contributed by atoms with van der Waals surface area (Å²) in [5.74, 6) is 1.45. The van der Waals surface area contributed by atoms with Gasteiger partial charge in [0.1, 0.15) is 5.82 Å². The Morgan fingerprint density at radius 3 is 2.78 bits per heavy atom. The Balaban J connectivity index is 1.08. The number of fused-ring (bicyclic) bond motifs is 1. The van der Waals surface area contributed by atoms with Gasteiger partial charge in [0.05, 0.1) is 11.0 Å². The van der Waals surface area contributed by atoms with Crippen molar-refractivity contribution in [2.75, 3.05) is 19.6 Å². The fourth-order valence-electron chi connectivity index (χ4n) is 5.51. The van der Waals surface area contributed by atoms with E-state index in [9.17, 15) is 4.79 Å². The highest BCUT2D eigenvalue weighted by molar-refractivity contribution is 5.82. The van der Waals surface area contributed by atoms with Crippen molar-refractivity contribution in [3.05, 3.63) is 60.2 Å². The third kappa shape index (κ3) is 4.16. The molecular formula is C26H33N5O. The van der Waals surface area contributed by atoms with Gasteiger partial charge in [0.2, 0.25) is 5.91 Å². The number of rotatable bonds is 7. The molecule has 2 aliphatic rings. The molecule has 6 heteroatoms. The van der Waals surface area contributed by atoms with Crippen LogP contribution < -0.4 is 5.32 Å². The Hall–Kier alpha value is -2.73. The molecule has 1 aliphatic carbocycles. The van der Waals surface area contributed by atoms with Crippen molar-refractivity contribution in [1.82, 2.24) is 24.8 Å². The molecule has 1 aliphatic heterocycles. The number of hydrogen-bond acceptors (Lipinski definition) is 4. The molecule has 1 saturated heterocycles. The molecule has 0 bridgehead atoms. The number of aromatic nitrogens is 3. The molecule has 2 aromatic heterocycles. The van der Waals surface area contributed by atoms with Gasteiger partial charge in [0.15, 0.2) is 0 Å². The summed E-state index contributed by atoms with van der Waals surface area (Å²) in [6, 6.07) is 12.8. The number of benzene rings is 1. The van der Waals surface area contributed by atoms with Crippen molar-refractivity contribution < 1.29 is 4.79 Å². The zero-order valence-corrected chi connectivity index (χ0v) is 19.1. The van der Waals surface area contributed by atoms with Gasteiger partial charge in [-0.2, -0.15) is 0 Å². The summed E-state index contributed by atoms with van der Waals surface area (Å²) in [6.45, 7) is 5.14. The van der Waals surface area contributed by atoms with Crippen LogP contribution in [0.3, 0.4) is 0 Å². The Kier molecular flexibility index (Phi) is 5.72. The van der Waals surface area contributed by atoms with E-state index in [0.29, 0.717) is 12.6 Å². The number of carbonyl (C=O) groups excluding carboxylic acids is 1. The van der Waals surface area contributed by atoms with Gasteiger partial charge in [0, 0.05) is 44.4 Å². The van der Waals surface area contributed by atoms with Crippen LogP contribution in [0.2, 0.25) is 0 Å². The molecule has 3 heterocycles. The summed E-state index contributed by atoms with van der Waals surface area (Å²) in [7, 11) is 2.05. The van der Waals surface area contributed by atoms with Gasteiger partial charge in [0.25, 0.3) is 0 Å². The number of imidazole rings is 1. The van der Waals surface area contributed by atoms with Crippen LogP contribution in [0.4, 0.5) is 0 Å². The SMILES string of the molecule is C[C@H](Cc1cccnc1)N1CCC2(CC1)C[C@H]2C(=O)NCCc1nc2ccccc2n1C. The number of pyridine rings is 1. The Morgan fingerprint density at radius 1 is 1.22 bits per heavy atom. The number of nitrogens with zero attached hydrogens (tertiary/aromatic N) is 4. The van der Waals surface area contributed by atoms with E-state index in [1.165, 1.54) is 5.56 Å². The third-order valence-electron chi connectivity index (χ3n) is 7.70. The number of likely N-dealkylation sites (tertiary alicyclic amines) is 1. The first-order valence-corrected chi connectivity index (χ1v) is 11.9. The number of nitrogens with one attached hydrogen (secondary N) is 1. The maximum atomic E-state index is 12.8. The zero-order chi connectivity index (χ0) is 22.1. The van der Waals surface area contributed by atoms with E-state index < -0.39 is 0 Å². The van der Waals surface area contributed by atoms with Crippen molar-refractivity contribution >= 4 is 16.9 Å². The van der Waals surface area contributed by atoms with Crippen molar-refractivity contribution in [1.29, 1.82) is 0 Å². The zero-order valence-electron chi connectivity index (χ0n) is 19.1. The second-order valence-electron chi connectivity index (χ2n) is 9.69. The van der Waals surface area contributed by atoms with Crippen LogP contribution in [0.25, 0.3) is 11.0 Å². The molecule has 32 heavy (non-hydrogen) atoms. The predicted octanol–water partition coefficient (Wildman–Crippen LogP) is 3.36. The van der Waals surface area contributed by atoms with E-state index in [2.05, 4.69) is 38.8 Å². The molecule has 168 valence electrons. The summed E-state index contributed by atoms with van der Waals surface area (Å²) in [5, 5.41) is 3.19. The quantitative estimate of drug-likeness (QED) is 0.623. The van der Waals surface area contributed by atoms with Crippen molar-refractivity contribution in [3.8, 4) is 0 Å². The van der Waals surface area contributed by atoms with Crippen molar-refractivity contribution in [3.63, 3.8) is 0 Å². The highest BCUT2D eigenvalue weighted by atomic mass is 16.2. The van der Waals surface area contributed by atoms with Gasteiger partial charge < -0.3 is 14.8 Å². The van der Waals surface area contributed by atoms with Gasteiger partial charge in [-0.05, 0) is 74.9 Å². The highest BCUT2D eigenvalue weighted by Crippen LogP contribution is 2.59. The highest BCUT2D eigenvalue weighted by Gasteiger charge is 2.58. The van der Waals surface area contributed by atoms with Crippen molar-refractivity contribution in [2.45, 2.75) is 45.1 Å². The molecule has 0 unspecified atom stereocenters. The van der Waals surface area contributed by atoms with Crippen LogP contribution >= 0.6 is 0 Å². The topological polar surface area (TPSA) is 63.1 Å². The Morgan fingerprint density at radius 2 is 2.03 bits per heavy atom. The van der Waals surface area contributed by atoms with Gasteiger partial charge in [-0.25, -0.2) is 4.98 Å². The van der Waals surface area contributed by atoms with E-state index in [0.717, 1.165) is 62.1 Å². The molecule has 1 aromatic carbocycles. The van der Waals surface area contributed by atoms with Gasteiger partial charge in [-0.1, -0.05) is 18.2 Å². The number of carbonyl (C=O) groups is 1. The maximum Gasteiger partial charge on any atom is 0.223 e. The summed E-state index contributed by atoms with van der Waals surface area (Å²) < 4.78 is 2.13. The minimum atomic E-state index is 0.193. The van der Waals surface area contributed by atoms with Crippen LogP contribution in [-0.4, -0.2) is 51.0 Å². The maximum absolute atomic E-state index is 12.8. The van der Waals surface area contributed by atoms with Crippen LogP contribution in [-0.2, 0) is 24.7 Å². The molecule has 1 N–H and O–H groups in total. The summed E-state index contributed by atoms with van der Waals surface area (Å²) >= 11 is 0. The minimum Gasteiger partial charge on any atom is -0.355 e. The molecule has 0 radical (unpaired) electrons. The molecular weight excluding hydrogens is 398 g/mol. The van der Waals surface area contributed by atoms with Crippen molar-refractivity contribution in [2.24, 2.45) is 18.4 Å². The third-order valence-corrected chi connectivity index (χ3v) is 7.70. The number of para-hydroxylation sites is 2. The second-order valence-corrected chi connectivity index (χ2v) is 9.69. The number of hydrogen-bond donors (Lipinski definition) is 1. The predicted molar refractivity (Wildman–Crippen MR) is 126 cm³/mol. The lowest BCUT2D eigenvalue weighted by atomic mass is 9.89. The average molecular weight is 432 g/mol. The largest absolute Gasteiger partial charge is 0.355 e. The number of aryl methyl sites for hydroxylation is 1. The van der Waals surface area contributed by atoms with E-state index >= 15 is 0 Å². The second kappa shape index (κ2) is 8.66. The molecule has 3 aromatic rings. The van der Waals surface area contributed by atoms with Crippen LogP contribution in [0, 0.1) is 11.3 Å². The summed E-state index contributed by atoms with van der Waals surface area (Å²) in [5.41, 5.74) is 3.69. The molecule has 1 amide bonds. The van der Waals surface area contributed by atoms with E-state index in [-0.39, 0.29) is 17.2 Å². The lowest BCUT2D eigenvalue weighted by Gasteiger charge is -2.37. The van der Waals surface area contributed by atoms with Gasteiger partial charge in [-0.15, -0.1) is 0 Å². The standard InChI is InChI=1S/C26H33N5O/c1-19(16-20-6-5-12-27-18-20)31-14-10-26(11-15-31)17-21(26)25(32)28-13-9-24-29-22-7-3-4-8-23(22)30(24)2/h3-8,12,18-19,21H,9-11,13-17H2,1-2H3,(H,28,32)/t19-,21+/m1/s1. The minimum absolute atomic E-state index is 0.193. The normalized spacial score (nSPS) is 21.0. The van der Waals surface area contributed by atoms with E-state index in [4.69, 9.17) is 4.98 Å². The number of piperidine rings is 1. The molecule has 2 fully saturated rings. The fraction of sp³-hybridized carbons (Fsp3) is 0.500. The Bertz CT molecular complexity index is 1080. The van der Waals surface area contributed by atoms with E-state index in [1.807, 2.05) is 43.7 Å². The van der Waals surface area contributed by atoms with Gasteiger partial charge >= 0.3 is 0 Å². The molecule has 1 spiro atoms. The lowest BCUT2D eigenvalue weighted by Crippen LogP contribution is -2.42. The Labute approximate surface area is 190 Å². The first-order valence-electron chi connectivity index (χ1n) is 11.9. The van der Waals surface area contributed by atoms with Crippen LogP contribution in [0.1, 0.15) is 37.6 Å².